The molecular weight excluding hydrogens is 194 g/mol. The van der Waals surface area contributed by atoms with Crippen LogP contribution in [0.25, 0.3) is 0 Å². The summed E-state index contributed by atoms with van der Waals surface area (Å²) in [6.07, 6.45) is 0. The summed E-state index contributed by atoms with van der Waals surface area (Å²) in [6.45, 7) is 2.03. The molecule has 0 unspecified atom stereocenters. The van der Waals surface area contributed by atoms with Crippen molar-refractivity contribution in [2.75, 3.05) is 13.7 Å². The second kappa shape index (κ2) is 5.80. The maximum Gasteiger partial charge on any atom is 0.394 e. The van der Waals surface area contributed by atoms with Crippen LogP contribution in [0.3, 0.4) is 0 Å². The fraction of sp³-hybridized carbons (Fsp3) is 0.273. The van der Waals surface area contributed by atoms with E-state index in [9.17, 15) is 4.79 Å². The number of rotatable bonds is 2. The summed E-state index contributed by atoms with van der Waals surface area (Å²) in [5.41, 5.74) is 0.655. The molecule has 0 aliphatic heterocycles. The Balaban J connectivity index is 2.83. The number of aliphatic imine (C=N–C) groups is 1. The number of methoxy groups -OCH3 is 1. The van der Waals surface area contributed by atoms with Crippen molar-refractivity contribution in [3.05, 3.63) is 30.3 Å². The Morgan fingerprint density at radius 1 is 1.33 bits per heavy atom. The van der Waals surface area contributed by atoms with Gasteiger partial charge in [-0.25, -0.2) is 9.79 Å². The smallest absolute Gasteiger partial charge is 0.394 e. The largest absolute Gasteiger partial charge is 0.476 e. The van der Waals surface area contributed by atoms with E-state index in [0.717, 1.165) is 0 Å². The molecule has 0 aliphatic rings. The molecule has 0 heterocycles. The zero-order chi connectivity index (χ0) is 11.1. The first-order valence-corrected chi connectivity index (χ1v) is 4.62. The molecule has 0 radical (unpaired) electrons. The Morgan fingerprint density at radius 3 is 2.53 bits per heavy atom. The third-order valence-corrected chi connectivity index (χ3v) is 1.63. The van der Waals surface area contributed by atoms with Crippen LogP contribution in [-0.2, 0) is 14.3 Å². The van der Waals surface area contributed by atoms with Crippen LogP contribution < -0.4 is 0 Å². The summed E-state index contributed by atoms with van der Waals surface area (Å²) >= 11 is 0. The normalized spacial score (nSPS) is 10.9. The molecule has 0 bridgehead atoms. The van der Waals surface area contributed by atoms with Gasteiger partial charge in [-0.05, 0) is 19.1 Å². The second-order valence-corrected chi connectivity index (χ2v) is 2.68. The predicted molar refractivity (Wildman–Crippen MR) is 57.2 cm³/mol. The van der Waals surface area contributed by atoms with Crippen LogP contribution in [0, 0.1) is 0 Å². The molecule has 0 saturated heterocycles. The molecule has 0 amide bonds. The standard InChI is InChI=1S/C11H13NO3/c1-3-15-11(13)10(14-2)12-9-7-5-4-6-8-9/h4-8H,3H2,1-2H3. The third kappa shape index (κ3) is 3.42. The van der Waals surface area contributed by atoms with Crippen molar-refractivity contribution in [3.8, 4) is 0 Å². The molecule has 4 nitrogen and oxygen atoms in total. The van der Waals surface area contributed by atoms with E-state index in [1.807, 2.05) is 18.2 Å². The molecule has 0 aromatic heterocycles. The van der Waals surface area contributed by atoms with E-state index in [-0.39, 0.29) is 5.90 Å². The van der Waals surface area contributed by atoms with E-state index >= 15 is 0 Å². The second-order valence-electron chi connectivity index (χ2n) is 2.68. The van der Waals surface area contributed by atoms with Gasteiger partial charge in [0.05, 0.1) is 19.4 Å². The van der Waals surface area contributed by atoms with Crippen molar-refractivity contribution in [2.24, 2.45) is 4.99 Å². The number of carbonyl (C=O) groups excluding carboxylic acids is 1. The number of carbonyl (C=O) groups is 1. The van der Waals surface area contributed by atoms with Gasteiger partial charge >= 0.3 is 11.9 Å². The van der Waals surface area contributed by atoms with Gasteiger partial charge in [-0.15, -0.1) is 0 Å². The van der Waals surface area contributed by atoms with E-state index in [2.05, 4.69) is 4.99 Å². The van der Waals surface area contributed by atoms with Gasteiger partial charge in [0.25, 0.3) is 0 Å². The van der Waals surface area contributed by atoms with Gasteiger partial charge in [0.15, 0.2) is 0 Å². The van der Waals surface area contributed by atoms with Crippen molar-refractivity contribution < 1.29 is 14.3 Å². The molecule has 4 heteroatoms. The SMILES string of the molecule is CCOC(=O)C(=Nc1ccccc1)OC. The summed E-state index contributed by atoms with van der Waals surface area (Å²) in [5, 5.41) is 0. The summed E-state index contributed by atoms with van der Waals surface area (Å²) in [7, 11) is 1.39. The first-order chi connectivity index (χ1) is 7.27. The lowest BCUT2D eigenvalue weighted by atomic mass is 10.3. The van der Waals surface area contributed by atoms with E-state index in [0.29, 0.717) is 12.3 Å². The molecule has 1 rings (SSSR count). The minimum atomic E-state index is -0.552. The fourth-order valence-corrected chi connectivity index (χ4v) is 0.987. The number of benzene rings is 1. The first kappa shape index (κ1) is 11.2. The van der Waals surface area contributed by atoms with Crippen LogP contribution >= 0.6 is 0 Å². The molecule has 0 fully saturated rings. The monoisotopic (exact) mass is 207 g/mol. The molecule has 0 saturated carbocycles. The van der Waals surface area contributed by atoms with Gasteiger partial charge in [0, 0.05) is 0 Å². The van der Waals surface area contributed by atoms with Crippen molar-refractivity contribution in [2.45, 2.75) is 6.92 Å². The Bertz CT molecular complexity index is 346. The van der Waals surface area contributed by atoms with Gasteiger partial charge in [-0.1, -0.05) is 18.2 Å². The van der Waals surface area contributed by atoms with Crippen LogP contribution in [0.5, 0.6) is 0 Å². The highest BCUT2D eigenvalue weighted by molar-refractivity contribution is 6.33. The number of hydrogen-bond donors (Lipinski definition) is 0. The van der Waals surface area contributed by atoms with Gasteiger partial charge in [0.2, 0.25) is 0 Å². The lowest BCUT2D eigenvalue weighted by Gasteiger charge is -2.03. The zero-order valence-corrected chi connectivity index (χ0v) is 8.77. The molecule has 0 spiro atoms. The van der Waals surface area contributed by atoms with E-state index in [1.54, 1.807) is 19.1 Å². The van der Waals surface area contributed by atoms with Gasteiger partial charge in [0.1, 0.15) is 0 Å². The van der Waals surface area contributed by atoms with Crippen molar-refractivity contribution in [1.29, 1.82) is 0 Å². The van der Waals surface area contributed by atoms with E-state index in [1.165, 1.54) is 7.11 Å². The molecule has 15 heavy (non-hydrogen) atoms. The van der Waals surface area contributed by atoms with Crippen molar-refractivity contribution >= 4 is 17.6 Å². The summed E-state index contributed by atoms with van der Waals surface area (Å²) in [6, 6.07) is 9.08. The number of esters is 1. The molecule has 1 aromatic carbocycles. The lowest BCUT2D eigenvalue weighted by Crippen LogP contribution is -2.18. The Morgan fingerprint density at radius 2 is 2.00 bits per heavy atom. The third-order valence-electron chi connectivity index (χ3n) is 1.63. The first-order valence-electron chi connectivity index (χ1n) is 4.62. The summed E-state index contributed by atoms with van der Waals surface area (Å²) in [4.78, 5) is 15.3. The molecule has 1 aromatic rings. The van der Waals surface area contributed by atoms with Crippen LogP contribution in [0.2, 0.25) is 0 Å². The predicted octanol–water partition coefficient (Wildman–Crippen LogP) is 1.93. The van der Waals surface area contributed by atoms with Crippen LogP contribution in [-0.4, -0.2) is 25.6 Å². The zero-order valence-electron chi connectivity index (χ0n) is 8.77. The highest BCUT2D eigenvalue weighted by atomic mass is 16.6. The average molecular weight is 207 g/mol. The lowest BCUT2D eigenvalue weighted by molar-refractivity contribution is -0.136. The van der Waals surface area contributed by atoms with Gasteiger partial charge in [-0.3, -0.25) is 0 Å². The topological polar surface area (TPSA) is 47.9 Å². The van der Waals surface area contributed by atoms with Gasteiger partial charge in [-0.2, -0.15) is 0 Å². The van der Waals surface area contributed by atoms with E-state index < -0.39 is 5.97 Å². The maximum atomic E-state index is 11.3. The molecule has 0 aliphatic carbocycles. The maximum absolute atomic E-state index is 11.3. The van der Waals surface area contributed by atoms with Crippen molar-refractivity contribution in [1.82, 2.24) is 0 Å². The minimum absolute atomic E-state index is 0.0388. The number of ether oxygens (including phenoxy) is 2. The highest BCUT2D eigenvalue weighted by Crippen LogP contribution is 2.10. The molecule has 80 valence electrons. The quantitative estimate of drug-likeness (QED) is 0.423. The van der Waals surface area contributed by atoms with E-state index in [4.69, 9.17) is 9.47 Å². The number of hydrogen-bond acceptors (Lipinski definition) is 4. The molecule has 0 N–H and O–H groups in total. The van der Waals surface area contributed by atoms with Crippen LogP contribution in [0.15, 0.2) is 35.3 Å². The Kier molecular flexibility index (Phi) is 4.34. The van der Waals surface area contributed by atoms with Crippen molar-refractivity contribution in [3.63, 3.8) is 0 Å². The van der Waals surface area contributed by atoms with Crippen LogP contribution in [0.4, 0.5) is 5.69 Å². The highest BCUT2D eigenvalue weighted by Gasteiger charge is 2.12. The number of nitrogens with zero attached hydrogens (tertiary/aromatic N) is 1. The molecule has 0 atom stereocenters. The summed E-state index contributed by atoms with van der Waals surface area (Å²) < 4.78 is 9.62. The fourth-order valence-electron chi connectivity index (χ4n) is 0.987. The molecular formula is C11H13NO3. The van der Waals surface area contributed by atoms with Gasteiger partial charge < -0.3 is 9.47 Å². The Hall–Kier alpha value is -1.84. The average Bonchev–Trinajstić information content (AvgIpc) is 2.27. The van der Waals surface area contributed by atoms with Crippen LogP contribution in [0.1, 0.15) is 6.92 Å². The minimum Gasteiger partial charge on any atom is -0.476 e. The summed E-state index contributed by atoms with van der Waals surface area (Å²) in [5.74, 6) is -0.591. The number of para-hydroxylation sites is 1. The Labute approximate surface area is 88.5 Å².